The highest BCUT2D eigenvalue weighted by Gasteiger charge is 2.20. The Morgan fingerprint density at radius 1 is 0.377 bits per heavy atom. The van der Waals surface area contributed by atoms with Gasteiger partial charge in [-0.25, -0.2) is 0 Å². The van der Waals surface area contributed by atoms with Gasteiger partial charge in [0.05, 0.1) is 25.0 Å². The zero-order chi connectivity index (χ0) is 44.7. The molecule has 7 nitrogen and oxygen atoms in total. The normalized spacial score (nSPS) is 12.7. The maximum atomic E-state index is 12.8. The van der Waals surface area contributed by atoms with Gasteiger partial charge in [-0.1, -0.05) is 201 Å². The van der Waals surface area contributed by atoms with Crippen LogP contribution in [-0.4, -0.2) is 86.4 Å². The number of nitrogens with zero attached hydrogens (tertiary/aromatic N) is 2. The standard InChI is InChI=1S/C54H108N2O5/c1-6-10-14-31-41-51(39-12-8-3)53(58)60-49-37-29-23-17-20-26-34-44-56(47-46-55(5)43-33-25-19-16-22-28-36-48-57)45-35-27-21-18-24-30-38-50-61-54(59)52(40-13-9-4)42-32-15-11-7-2/h51-52,57H,6-50H2,1-5H3. The number of ether oxygens (including phenoxy) is 2. The van der Waals surface area contributed by atoms with Crippen LogP contribution in [0.3, 0.4) is 0 Å². The second-order valence-electron chi connectivity index (χ2n) is 19.0. The van der Waals surface area contributed by atoms with Crippen LogP contribution in [0.5, 0.6) is 0 Å². The van der Waals surface area contributed by atoms with Crippen LogP contribution in [0.15, 0.2) is 0 Å². The van der Waals surface area contributed by atoms with Gasteiger partial charge >= 0.3 is 11.9 Å². The summed E-state index contributed by atoms with van der Waals surface area (Å²) in [6, 6.07) is 0. The van der Waals surface area contributed by atoms with Crippen molar-refractivity contribution in [2.24, 2.45) is 11.8 Å². The molecule has 2 unspecified atom stereocenters. The fraction of sp³-hybridized carbons (Fsp3) is 0.963. The molecule has 0 spiro atoms. The first-order valence-electron chi connectivity index (χ1n) is 27.3. The molecule has 364 valence electrons. The summed E-state index contributed by atoms with van der Waals surface area (Å²) < 4.78 is 11.5. The Morgan fingerprint density at radius 3 is 1.10 bits per heavy atom. The van der Waals surface area contributed by atoms with Crippen molar-refractivity contribution in [2.75, 3.05) is 59.6 Å². The van der Waals surface area contributed by atoms with E-state index in [1.165, 1.54) is 167 Å². The van der Waals surface area contributed by atoms with E-state index in [9.17, 15) is 9.59 Å². The third-order valence-electron chi connectivity index (χ3n) is 13.0. The van der Waals surface area contributed by atoms with Crippen LogP contribution in [0, 0.1) is 11.8 Å². The smallest absolute Gasteiger partial charge is 0.308 e. The maximum absolute atomic E-state index is 12.8. The van der Waals surface area contributed by atoms with Gasteiger partial charge in [-0.2, -0.15) is 0 Å². The van der Waals surface area contributed by atoms with Crippen molar-refractivity contribution >= 4 is 11.9 Å². The summed E-state index contributed by atoms with van der Waals surface area (Å²) >= 11 is 0. The third kappa shape index (κ3) is 41.3. The van der Waals surface area contributed by atoms with Crippen LogP contribution in [0.4, 0.5) is 0 Å². The molecule has 2 atom stereocenters. The number of aliphatic hydroxyl groups is 1. The first-order valence-corrected chi connectivity index (χ1v) is 27.3. The molecule has 0 amide bonds. The number of likely N-dealkylation sites (N-methyl/N-ethyl adjacent to an activating group) is 1. The molecular weight excluding hydrogens is 757 g/mol. The lowest BCUT2D eigenvalue weighted by molar-refractivity contribution is -0.150. The Hall–Kier alpha value is -1.18. The van der Waals surface area contributed by atoms with E-state index in [-0.39, 0.29) is 23.8 Å². The van der Waals surface area contributed by atoms with Crippen LogP contribution in [0.1, 0.15) is 265 Å². The first-order chi connectivity index (χ1) is 29.9. The van der Waals surface area contributed by atoms with E-state index in [1.54, 1.807) is 0 Å². The lowest BCUT2D eigenvalue weighted by Crippen LogP contribution is -2.35. The molecule has 0 saturated heterocycles. The Morgan fingerprint density at radius 2 is 0.705 bits per heavy atom. The number of hydrogen-bond acceptors (Lipinski definition) is 7. The average Bonchev–Trinajstić information content (AvgIpc) is 3.26. The summed E-state index contributed by atoms with van der Waals surface area (Å²) in [5.41, 5.74) is 0. The van der Waals surface area contributed by atoms with Crippen LogP contribution < -0.4 is 0 Å². The van der Waals surface area contributed by atoms with Gasteiger partial charge in [0.25, 0.3) is 0 Å². The topological polar surface area (TPSA) is 79.3 Å². The lowest BCUT2D eigenvalue weighted by atomic mass is 9.95. The van der Waals surface area contributed by atoms with Gasteiger partial charge in [0.15, 0.2) is 0 Å². The molecule has 0 radical (unpaired) electrons. The van der Waals surface area contributed by atoms with Crippen molar-refractivity contribution in [3.63, 3.8) is 0 Å². The molecule has 0 fully saturated rings. The molecule has 0 saturated carbocycles. The van der Waals surface area contributed by atoms with Crippen molar-refractivity contribution < 1.29 is 24.2 Å². The van der Waals surface area contributed by atoms with Gasteiger partial charge < -0.3 is 24.4 Å². The minimum atomic E-state index is 0.0624. The van der Waals surface area contributed by atoms with E-state index in [0.29, 0.717) is 19.8 Å². The number of aliphatic hydroxyl groups excluding tert-OH is 1. The molecule has 0 heterocycles. The fourth-order valence-corrected chi connectivity index (χ4v) is 8.66. The summed E-state index contributed by atoms with van der Waals surface area (Å²) in [4.78, 5) is 30.8. The van der Waals surface area contributed by atoms with Gasteiger partial charge in [0.1, 0.15) is 0 Å². The molecule has 0 aromatic heterocycles. The maximum Gasteiger partial charge on any atom is 0.308 e. The Labute approximate surface area is 381 Å². The third-order valence-corrected chi connectivity index (χ3v) is 13.0. The van der Waals surface area contributed by atoms with Crippen molar-refractivity contribution in [3.8, 4) is 0 Å². The minimum Gasteiger partial charge on any atom is -0.465 e. The quantitative estimate of drug-likeness (QED) is 0.0482. The van der Waals surface area contributed by atoms with Gasteiger partial charge in [0.2, 0.25) is 0 Å². The monoisotopic (exact) mass is 865 g/mol. The predicted octanol–water partition coefficient (Wildman–Crippen LogP) is 15.0. The van der Waals surface area contributed by atoms with Crippen molar-refractivity contribution in [1.29, 1.82) is 0 Å². The minimum absolute atomic E-state index is 0.0624. The predicted molar refractivity (Wildman–Crippen MR) is 263 cm³/mol. The zero-order valence-corrected chi connectivity index (χ0v) is 41.9. The van der Waals surface area contributed by atoms with E-state index in [4.69, 9.17) is 14.6 Å². The van der Waals surface area contributed by atoms with Crippen molar-refractivity contribution in [3.05, 3.63) is 0 Å². The van der Waals surface area contributed by atoms with E-state index in [0.717, 1.165) is 103 Å². The van der Waals surface area contributed by atoms with Gasteiger partial charge in [0, 0.05) is 19.7 Å². The lowest BCUT2D eigenvalue weighted by Gasteiger charge is -2.25. The number of unbranched alkanes of at least 4 members (excludes halogenated alkanes) is 26. The Kier molecular flexibility index (Phi) is 47.3. The van der Waals surface area contributed by atoms with Crippen LogP contribution in [-0.2, 0) is 19.1 Å². The van der Waals surface area contributed by atoms with Crippen LogP contribution in [0.2, 0.25) is 0 Å². The number of esters is 2. The van der Waals surface area contributed by atoms with Gasteiger partial charge in [-0.3, -0.25) is 9.59 Å². The SMILES string of the molecule is CCCCCCC(CCCC)C(=O)OCCCCCCCCCN(CCCCCCCCCOC(=O)C(CCCC)CCCCCC)CCN(C)CCCCCCCCCO. The number of rotatable bonds is 50. The van der Waals surface area contributed by atoms with Crippen LogP contribution in [0.25, 0.3) is 0 Å². The second kappa shape index (κ2) is 48.3. The van der Waals surface area contributed by atoms with Gasteiger partial charge in [-0.15, -0.1) is 0 Å². The molecule has 0 aliphatic heterocycles. The second-order valence-corrected chi connectivity index (χ2v) is 19.0. The Bertz CT molecular complexity index is 847. The highest BCUT2D eigenvalue weighted by atomic mass is 16.5. The largest absolute Gasteiger partial charge is 0.465 e. The molecule has 0 aromatic carbocycles. The average molecular weight is 865 g/mol. The molecule has 0 aliphatic carbocycles. The molecule has 0 aromatic rings. The summed E-state index contributed by atoms with van der Waals surface area (Å²) in [7, 11) is 2.31. The summed E-state index contributed by atoms with van der Waals surface area (Å²) in [5.74, 6) is 0.345. The number of hydrogen-bond donors (Lipinski definition) is 1. The van der Waals surface area contributed by atoms with E-state index < -0.39 is 0 Å². The highest BCUT2D eigenvalue weighted by molar-refractivity contribution is 5.72. The molecule has 1 N–H and O–H groups in total. The zero-order valence-electron chi connectivity index (χ0n) is 41.9. The molecule has 7 heteroatoms. The molecule has 0 rings (SSSR count). The van der Waals surface area contributed by atoms with Crippen LogP contribution >= 0.6 is 0 Å². The van der Waals surface area contributed by atoms with Gasteiger partial charge in [-0.05, 0) is 90.9 Å². The van der Waals surface area contributed by atoms with Crippen molar-refractivity contribution in [2.45, 2.75) is 265 Å². The van der Waals surface area contributed by atoms with E-state index in [2.05, 4.69) is 44.5 Å². The van der Waals surface area contributed by atoms with E-state index >= 15 is 0 Å². The molecule has 0 aliphatic rings. The summed E-state index contributed by atoms with van der Waals surface area (Å²) in [5, 5.41) is 8.99. The summed E-state index contributed by atoms with van der Waals surface area (Å²) in [6.45, 7) is 16.4. The fourth-order valence-electron chi connectivity index (χ4n) is 8.66. The molecular formula is C54H108N2O5. The highest BCUT2D eigenvalue weighted by Crippen LogP contribution is 2.21. The number of carbonyl (C=O) groups excluding carboxylic acids is 2. The van der Waals surface area contributed by atoms with E-state index in [1.807, 2.05) is 0 Å². The first kappa shape index (κ1) is 59.8. The Balaban J connectivity index is 4.43. The summed E-state index contributed by atoms with van der Waals surface area (Å²) in [6.07, 6.45) is 44.1. The van der Waals surface area contributed by atoms with Crippen molar-refractivity contribution in [1.82, 2.24) is 9.80 Å². The molecule has 0 bridgehead atoms. The molecule has 61 heavy (non-hydrogen) atoms. The number of carbonyl (C=O) groups is 2.